The van der Waals surface area contributed by atoms with Crippen molar-refractivity contribution in [3.8, 4) is 0 Å². The maximum atomic E-state index is 13.9. The summed E-state index contributed by atoms with van der Waals surface area (Å²) in [6.07, 6.45) is 0. The van der Waals surface area contributed by atoms with E-state index in [9.17, 15) is 12.8 Å². The predicted molar refractivity (Wildman–Crippen MR) is 81.3 cm³/mol. The second-order valence-electron chi connectivity index (χ2n) is 4.61. The molecule has 0 fully saturated rings. The molecule has 0 aliphatic rings. The molecule has 2 rings (SSSR count). The van der Waals surface area contributed by atoms with Gasteiger partial charge in [0.1, 0.15) is 5.82 Å². The summed E-state index contributed by atoms with van der Waals surface area (Å²) in [5, 5.41) is 8.51. The molecule has 3 N–H and O–H groups in total. The van der Waals surface area contributed by atoms with Gasteiger partial charge < -0.3 is 5.32 Å². The quantitative estimate of drug-likeness (QED) is 0.904. The third kappa shape index (κ3) is 3.93. The van der Waals surface area contributed by atoms with Crippen molar-refractivity contribution in [3.05, 3.63) is 58.9 Å². The number of rotatable bonds is 4. The van der Waals surface area contributed by atoms with Crippen molar-refractivity contribution in [2.75, 3.05) is 5.32 Å². The third-order valence-corrected chi connectivity index (χ3v) is 4.14. The van der Waals surface area contributed by atoms with E-state index in [1.165, 1.54) is 12.1 Å². The smallest absolute Gasteiger partial charge is 0.238 e. The Hall–Kier alpha value is -1.63. The van der Waals surface area contributed by atoms with Gasteiger partial charge in [-0.15, -0.1) is 0 Å². The van der Waals surface area contributed by atoms with Gasteiger partial charge >= 0.3 is 0 Å². The van der Waals surface area contributed by atoms with Crippen molar-refractivity contribution in [2.45, 2.75) is 17.9 Å². The fraction of sp³-hybridized carbons (Fsp3) is 0.143. The van der Waals surface area contributed by atoms with Gasteiger partial charge in [-0.3, -0.25) is 0 Å². The van der Waals surface area contributed by atoms with Crippen molar-refractivity contribution in [1.29, 1.82) is 0 Å². The highest BCUT2D eigenvalue weighted by Gasteiger charge is 2.13. The largest absolute Gasteiger partial charge is 0.376 e. The van der Waals surface area contributed by atoms with Crippen molar-refractivity contribution in [3.63, 3.8) is 0 Å². The van der Waals surface area contributed by atoms with Gasteiger partial charge in [-0.1, -0.05) is 23.7 Å². The zero-order valence-corrected chi connectivity index (χ0v) is 12.7. The highest BCUT2D eigenvalue weighted by atomic mass is 35.5. The lowest BCUT2D eigenvalue weighted by Gasteiger charge is -2.16. The molecule has 0 heterocycles. The first-order valence-electron chi connectivity index (χ1n) is 6.12. The lowest BCUT2D eigenvalue weighted by atomic mass is 10.1. The molecule has 0 aliphatic carbocycles. The Bertz CT molecular complexity index is 765. The number of primary sulfonamides is 1. The van der Waals surface area contributed by atoms with Crippen LogP contribution in [0.5, 0.6) is 0 Å². The number of benzene rings is 2. The zero-order valence-electron chi connectivity index (χ0n) is 11.2. The van der Waals surface area contributed by atoms with Crippen LogP contribution >= 0.6 is 11.6 Å². The van der Waals surface area contributed by atoms with E-state index in [1.807, 2.05) is 13.0 Å². The molecule has 0 aliphatic heterocycles. The fourth-order valence-corrected chi connectivity index (χ4v) is 2.61. The van der Waals surface area contributed by atoms with E-state index in [4.69, 9.17) is 16.7 Å². The van der Waals surface area contributed by atoms with Gasteiger partial charge in [0, 0.05) is 11.1 Å². The lowest BCUT2D eigenvalue weighted by Crippen LogP contribution is -2.13. The molecule has 112 valence electrons. The van der Waals surface area contributed by atoms with E-state index < -0.39 is 15.8 Å². The van der Waals surface area contributed by atoms with Crippen molar-refractivity contribution in [2.24, 2.45) is 5.14 Å². The molecule has 0 spiro atoms. The van der Waals surface area contributed by atoms with Crippen molar-refractivity contribution >= 4 is 27.3 Å². The fourth-order valence-electron chi connectivity index (χ4n) is 1.88. The zero-order chi connectivity index (χ0) is 15.6. The van der Waals surface area contributed by atoms with E-state index in [0.717, 1.165) is 11.6 Å². The first-order chi connectivity index (χ1) is 9.77. The monoisotopic (exact) mass is 328 g/mol. The summed E-state index contributed by atoms with van der Waals surface area (Å²) in [4.78, 5) is -0.263. The highest BCUT2D eigenvalue weighted by molar-refractivity contribution is 7.89. The van der Waals surface area contributed by atoms with Crippen LogP contribution in [0, 0.1) is 5.82 Å². The normalized spacial score (nSPS) is 13.0. The van der Waals surface area contributed by atoms with Crippen LogP contribution in [-0.4, -0.2) is 8.42 Å². The van der Waals surface area contributed by atoms with Crippen LogP contribution in [0.25, 0.3) is 0 Å². The summed E-state index contributed by atoms with van der Waals surface area (Å²) in [6, 6.07) is 10.5. The van der Waals surface area contributed by atoms with Gasteiger partial charge in [0.2, 0.25) is 10.0 Å². The van der Waals surface area contributed by atoms with E-state index in [2.05, 4.69) is 5.32 Å². The number of hydrogen-bond acceptors (Lipinski definition) is 3. The molecular weight excluding hydrogens is 315 g/mol. The van der Waals surface area contributed by atoms with Crippen LogP contribution < -0.4 is 10.5 Å². The second kappa shape index (κ2) is 6.01. The Morgan fingerprint density at radius 2 is 1.95 bits per heavy atom. The number of nitrogens with two attached hydrogens (primary N) is 1. The lowest BCUT2D eigenvalue weighted by molar-refractivity contribution is 0.592. The molecule has 2 aromatic carbocycles. The molecule has 0 aromatic heterocycles. The molecule has 21 heavy (non-hydrogen) atoms. The number of halogens is 2. The molecule has 4 nitrogen and oxygen atoms in total. The molecule has 0 radical (unpaired) electrons. The van der Waals surface area contributed by atoms with Gasteiger partial charge in [0.05, 0.1) is 10.6 Å². The summed E-state index contributed by atoms with van der Waals surface area (Å²) in [6.45, 7) is 1.85. The van der Waals surface area contributed by atoms with Crippen LogP contribution in [0.1, 0.15) is 18.5 Å². The minimum atomic E-state index is -3.91. The van der Waals surface area contributed by atoms with Gasteiger partial charge in [-0.2, -0.15) is 0 Å². The number of hydrogen-bond donors (Lipinski definition) is 2. The predicted octanol–water partition coefficient (Wildman–Crippen LogP) is 3.30. The van der Waals surface area contributed by atoms with Crippen LogP contribution in [0.3, 0.4) is 0 Å². The SMILES string of the molecule is CC(Nc1ccc(S(N)(=O)=O)cc1F)c1cccc(Cl)c1. The van der Waals surface area contributed by atoms with E-state index in [1.54, 1.807) is 18.2 Å². The molecule has 0 bridgehead atoms. The van der Waals surface area contributed by atoms with Gasteiger partial charge in [-0.25, -0.2) is 17.9 Å². The summed E-state index contributed by atoms with van der Waals surface area (Å²) < 4.78 is 36.2. The average molecular weight is 329 g/mol. The Labute approximate surface area is 127 Å². The second-order valence-corrected chi connectivity index (χ2v) is 6.61. The third-order valence-electron chi connectivity index (χ3n) is 2.99. The van der Waals surface area contributed by atoms with E-state index in [-0.39, 0.29) is 16.6 Å². The molecule has 1 unspecified atom stereocenters. The Morgan fingerprint density at radius 3 is 2.52 bits per heavy atom. The topological polar surface area (TPSA) is 72.2 Å². The molecule has 0 amide bonds. The standard InChI is InChI=1S/C14H14ClFN2O2S/c1-9(10-3-2-4-11(15)7-10)18-14-6-5-12(8-13(14)16)21(17,19)20/h2-9,18H,1H3,(H2,17,19,20). The Morgan fingerprint density at radius 1 is 1.24 bits per heavy atom. The van der Waals surface area contributed by atoms with Crippen LogP contribution in [-0.2, 0) is 10.0 Å². The maximum absolute atomic E-state index is 13.9. The van der Waals surface area contributed by atoms with E-state index >= 15 is 0 Å². The van der Waals surface area contributed by atoms with Crippen LogP contribution in [0.15, 0.2) is 47.4 Å². The van der Waals surface area contributed by atoms with Gasteiger partial charge in [0.15, 0.2) is 0 Å². The summed E-state index contributed by atoms with van der Waals surface area (Å²) in [5.74, 6) is -0.685. The molecule has 0 saturated heterocycles. The molecule has 0 saturated carbocycles. The van der Waals surface area contributed by atoms with Gasteiger partial charge in [0.25, 0.3) is 0 Å². The van der Waals surface area contributed by atoms with Gasteiger partial charge in [-0.05, 0) is 42.8 Å². The highest BCUT2D eigenvalue weighted by Crippen LogP contribution is 2.25. The number of anilines is 1. The molecule has 1 atom stereocenters. The Balaban J connectivity index is 2.24. The van der Waals surface area contributed by atoms with Crippen LogP contribution in [0.2, 0.25) is 5.02 Å². The molecule has 7 heteroatoms. The number of nitrogens with one attached hydrogen (secondary N) is 1. The summed E-state index contributed by atoms with van der Waals surface area (Å²) in [7, 11) is -3.91. The Kier molecular flexibility index (Phi) is 4.51. The molecular formula is C14H14ClFN2O2S. The minimum Gasteiger partial charge on any atom is -0.376 e. The van der Waals surface area contributed by atoms with Crippen molar-refractivity contribution in [1.82, 2.24) is 0 Å². The first kappa shape index (κ1) is 15.8. The number of sulfonamides is 1. The summed E-state index contributed by atoms with van der Waals surface area (Å²) >= 11 is 5.91. The first-order valence-corrected chi connectivity index (χ1v) is 8.04. The van der Waals surface area contributed by atoms with Crippen LogP contribution in [0.4, 0.5) is 10.1 Å². The van der Waals surface area contributed by atoms with E-state index in [0.29, 0.717) is 5.02 Å². The summed E-state index contributed by atoms with van der Waals surface area (Å²) in [5.41, 5.74) is 1.08. The van der Waals surface area contributed by atoms with Crippen molar-refractivity contribution < 1.29 is 12.8 Å². The maximum Gasteiger partial charge on any atom is 0.238 e. The minimum absolute atomic E-state index is 0.190. The molecule has 2 aromatic rings. The average Bonchev–Trinajstić information content (AvgIpc) is 2.39.